The molecule has 1 aromatic carbocycles. The Hall–Kier alpha value is -1.84. The number of nitrogens with zero attached hydrogens (tertiary/aromatic N) is 1. The van der Waals surface area contributed by atoms with Gasteiger partial charge in [0, 0.05) is 13.0 Å². The third kappa shape index (κ3) is 3.42. The second kappa shape index (κ2) is 5.14. The smallest absolute Gasteiger partial charge is 0.243 e. The van der Waals surface area contributed by atoms with Gasteiger partial charge in [0.25, 0.3) is 0 Å². The minimum atomic E-state index is -0.406. The average molecular weight is 207 g/mol. The quantitative estimate of drug-likeness (QED) is 0.563. The molecule has 0 aliphatic heterocycles. The van der Waals surface area contributed by atoms with Gasteiger partial charge in [-0.05, 0) is 24.6 Å². The highest BCUT2D eigenvalue weighted by Gasteiger charge is 2.01. The molecule has 4 heteroatoms. The first-order valence-electron chi connectivity index (χ1n) is 4.69. The molecule has 0 saturated carbocycles. The molecule has 1 aromatic rings. The van der Waals surface area contributed by atoms with Crippen LogP contribution in [-0.4, -0.2) is 11.5 Å². The second-order valence-corrected chi connectivity index (χ2v) is 3.04. The van der Waals surface area contributed by atoms with Crippen LogP contribution in [0.1, 0.15) is 19.4 Å². The van der Waals surface area contributed by atoms with E-state index >= 15 is 0 Å². The molecule has 0 bridgehead atoms. The fraction of sp³-hybridized carbons (Fsp3) is 0.273. The van der Waals surface area contributed by atoms with Crippen LogP contribution in [-0.2, 0) is 0 Å². The first-order chi connectivity index (χ1) is 7.13. The van der Waals surface area contributed by atoms with Crippen LogP contribution < -0.4 is 4.74 Å². The van der Waals surface area contributed by atoms with E-state index in [1.54, 1.807) is 24.3 Å². The molecule has 15 heavy (non-hydrogen) atoms. The van der Waals surface area contributed by atoms with Crippen molar-refractivity contribution in [3.8, 4) is 5.75 Å². The van der Waals surface area contributed by atoms with E-state index < -0.39 is 4.92 Å². The highest BCUT2D eigenvalue weighted by molar-refractivity contribution is 5.51. The van der Waals surface area contributed by atoms with Gasteiger partial charge in [0.15, 0.2) is 0 Å². The Bertz CT molecular complexity index is 368. The lowest BCUT2D eigenvalue weighted by molar-refractivity contribution is -0.422. The summed E-state index contributed by atoms with van der Waals surface area (Å²) >= 11 is 0. The van der Waals surface area contributed by atoms with E-state index in [9.17, 15) is 10.1 Å². The highest BCUT2D eigenvalue weighted by atomic mass is 16.6. The molecule has 0 atom stereocenters. The summed E-state index contributed by atoms with van der Waals surface area (Å²) in [4.78, 5) is 9.98. The van der Waals surface area contributed by atoms with Gasteiger partial charge in [0.05, 0.1) is 11.5 Å². The van der Waals surface area contributed by atoms with Gasteiger partial charge in [-0.3, -0.25) is 10.1 Å². The summed E-state index contributed by atoms with van der Waals surface area (Å²) in [5.74, 6) is 0.772. The molecule has 4 nitrogen and oxygen atoms in total. The molecule has 0 N–H and O–H groups in total. The SMILES string of the molecule is CCOc1ccc(/C=C(/C)[N+](=O)[O-])cc1. The number of benzene rings is 1. The standard InChI is InChI=1S/C11H13NO3/c1-3-15-11-6-4-10(5-7-11)8-9(2)12(13)14/h4-8H,3H2,1-2H3/b9-8-. The van der Waals surface area contributed by atoms with Gasteiger partial charge in [-0.1, -0.05) is 12.1 Å². The predicted octanol–water partition coefficient (Wildman–Crippen LogP) is 2.72. The van der Waals surface area contributed by atoms with Crippen molar-refractivity contribution in [2.45, 2.75) is 13.8 Å². The van der Waals surface area contributed by atoms with Crippen LogP contribution in [0.2, 0.25) is 0 Å². The van der Waals surface area contributed by atoms with Crippen LogP contribution in [0.15, 0.2) is 30.0 Å². The fourth-order valence-electron chi connectivity index (χ4n) is 1.12. The molecule has 0 heterocycles. The maximum atomic E-state index is 10.4. The Morgan fingerprint density at radius 2 is 2.07 bits per heavy atom. The normalized spacial score (nSPS) is 11.2. The van der Waals surface area contributed by atoms with Crippen molar-refractivity contribution >= 4 is 6.08 Å². The fourth-order valence-corrected chi connectivity index (χ4v) is 1.12. The Morgan fingerprint density at radius 3 is 2.53 bits per heavy atom. The van der Waals surface area contributed by atoms with E-state index in [2.05, 4.69) is 0 Å². The van der Waals surface area contributed by atoms with E-state index in [-0.39, 0.29) is 5.70 Å². The van der Waals surface area contributed by atoms with Crippen LogP contribution in [0.5, 0.6) is 5.75 Å². The lowest BCUT2D eigenvalue weighted by atomic mass is 10.2. The van der Waals surface area contributed by atoms with Crippen molar-refractivity contribution in [2.24, 2.45) is 0 Å². The van der Waals surface area contributed by atoms with Crippen LogP contribution in [0.25, 0.3) is 6.08 Å². The van der Waals surface area contributed by atoms with Gasteiger partial charge in [-0.2, -0.15) is 0 Å². The monoisotopic (exact) mass is 207 g/mol. The summed E-state index contributed by atoms with van der Waals surface area (Å²) in [6.07, 6.45) is 1.52. The van der Waals surface area contributed by atoms with Gasteiger partial charge in [-0.25, -0.2) is 0 Å². The molecule has 0 amide bonds. The number of hydrogen-bond donors (Lipinski definition) is 0. The lowest BCUT2D eigenvalue weighted by Crippen LogP contribution is -1.93. The minimum Gasteiger partial charge on any atom is -0.494 e. The maximum absolute atomic E-state index is 10.4. The Morgan fingerprint density at radius 1 is 1.47 bits per heavy atom. The molecule has 1 rings (SSSR count). The Balaban J connectivity index is 2.80. The van der Waals surface area contributed by atoms with Crippen molar-refractivity contribution < 1.29 is 9.66 Å². The zero-order valence-electron chi connectivity index (χ0n) is 8.77. The molecule has 80 valence electrons. The van der Waals surface area contributed by atoms with Crippen LogP contribution in [0.3, 0.4) is 0 Å². The third-order valence-corrected chi connectivity index (χ3v) is 1.85. The molecule has 0 fully saturated rings. The Labute approximate surface area is 88.3 Å². The minimum absolute atomic E-state index is 0.124. The molecule has 0 unspecified atom stereocenters. The van der Waals surface area contributed by atoms with Crippen molar-refractivity contribution in [2.75, 3.05) is 6.61 Å². The summed E-state index contributed by atoms with van der Waals surface area (Å²) in [5.41, 5.74) is 0.923. The highest BCUT2D eigenvalue weighted by Crippen LogP contribution is 2.14. The number of nitro groups is 1. The van der Waals surface area contributed by atoms with Gasteiger partial charge in [0.1, 0.15) is 5.75 Å². The summed E-state index contributed by atoms with van der Waals surface area (Å²) in [6, 6.07) is 7.17. The summed E-state index contributed by atoms with van der Waals surface area (Å²) < 4.78 is 5.26. The first kappa shape index (κ1) is 11.2. The average Bonchev–Trinajstić information content (AvgIpc) is 2.21. The molecular weight excluding hydrogens is 194 g/mol. The van der Waals surface area contributed by atoms with E-state index in [0.29, 0.717) is 6.61 Å². The van der Waals surface area contributed by atoms with E-state index in [0.717, 1.165) is 11.3 Å². The largest absolute Gasteiger partial charge is 0.494 e. The van der Waals surface area contributed by atoms with Gasteiger partial charge in [0.2, 0.25) is 5.70 Å². The van der Waals surface area contributed by atoms with Crippen LogP contribution in [0, 0.1) is 10.1 Å². The molecule has 0 aliphatic carbocycles. The predicted molar refractivity (Wildman–Crippen MR) is 58.3 cm³/mol. The topological polar surface area (TPSA) is 52.4 Å². The van der Waals surface area contributed by atoms with Crippen molar-refractivity contribution in [1.29, 1.82) is 0 Å². The summed E-state index contributed by atoms with van der Waals surface area (Å²) in [6.45, 7) is 3.99. The van der Waals surface area contributed by atoms with Gasteiger partial charge < -0.3 is 4.74 Å². The molecule has 0 aromatic heterocycles. The van der Waals surface area contributed by atoms with Crippen LogP contribution >= 0.6 is 0 Å². The maximum Gasteiger partial charge on any atom is 0.243 e. The van der Waals surface area contributed by atoms with Crippen molar-refractivity contribution in [3.63, 3.8) is 0 Å². The number of ether oxygens (including phenoxy) is 1. The Kier molecular flexibility index (Phi) is 3.85. The second-order valence-electron chi connectivity index (χ2n) is 3.04. The zero-order chi connectivity index (χ0) is 11.3. The van der Waals surface area contributed by atoms with Gasteiger partial charge >= 0.3 is 0 Å². The number of rotatable bonds is 4. The molecule has 0 saturated heterocycles. The first-order valence-corrected chi connectivity index (χ1v) is 4.69. The number of allylic oxidation sites excluding steroid dienone is 1. The molecule has 0 radical (unpaired) electrons. The lowest BCUT2D eigenvalue weighted by Gasteiger charge is -2.02. The van der Waals surface area contributed by atoms with Crippen molar-refractivity contribution in [1.82, 2.24) is 0 Å². The van der Waals surface area contributed by atoms with Crippen LogP contribution in [0.4, 0.5) is 0 Å². The number of hydrogen-bond acceptors (Lipinski definition) is 3. The molecule has 0 aliphatic rings. The van der Waals surface area contributed by atoms with E-state index in [4.69, 9.17) is 4.74 Å². The summed E-state index contributed by atoms with van der Waals surface area (Å²) in [7, 11) is 0. The zero-order valence-corrected chi connectivity index (χ0v) is 8.77. The summed E-state index contributed by atoms with van der Waals surface area (Å²) in [5, 5.41) is 10.4. The van der Waals surface area contributed by atoms with Gasteiger partial charge in [-0.15, -0.1) is 0 Å². The van der Waals surface area contributed by atoms with Crippen molar-refractivity contribution in [3.05, 3.63) is 45.6 Å². The third-order valence-electron chi connectivity index (χ3n) is 1.85. The van der Waals surface area contributed by atoms with E-state index in [1.165, 1.54) is 13.0 Å². The molecular formula is C11H13NO3. The van der Waals surface area contributed by atoms with E-state index in [1.807, 2.05) is 6.92 Å². The molecule has 0 spiro atoms.